The fraction of sp³-hybridized carbons (Fsp3) is 0.143. The zero-order valence-corrected chi connectivity index (χ0v) is 15.4. The van der Waals surface area contributed by atoms with Crippen LogP contribution in [0.1, 0.15) is 21.6 Å². The van der Waals surface area contributed by atoms with Gasteiger partial charge in [-0.1, -0.05) is 35.5 Å². The van der Waals surface area contributed by atoms with Crippen molar-refractivity contribution < 1.29 is 23.8 Å². The Morgan fingerprint density at radius 1 is 1.10 bits per heavy atom. The van der Waals surface area contributed by atoms with Crippen LogP contribution in [0, 0.1) is 0 Å². The van der Waals surface area contributed by atoms with Crippen molar-refractivity contribution in [2.24, 2.45) is 0 Å². The first-order chi connectivity index (χ1) is 14.2. The minimum Gasteiger partial charge on any atom is -0.454 e. The second-order valence-corrected chi connectivity index (χ2v) is 6.26. The van der Waals surface area contributed by atoms with Gasteiger partial charge in [0.05, 0.1) is 12.7 Å². The fourth-order valence-corrected chi connectivity index (χ4v) is 2.73. The van der Waals surface area contributed by atoms with Gasteiger partial charge in [-0.05, 0) is 29.8 Å². The number of carbonyl (C=O) groups is 2. The first-order valence-corrected chi connectivity index (χ1v) is 8.89. The molecule has 0 spiro atoms. The number of aromatic nitrogens is 3. The second-order valence-electron chi connectivity index (χ2n) is 6.26. The average molecular weight is 391 g/mol. The number of fused-ring (bicyclic) bond motifs is 1. The number of ether oxygens (including phenoxy) is 3. The normalized spacial score (nSPS) is 12.3. The first kappa shape index (κ1) is 18.4. The van der Waals surface area contributed by atoms with Gasteiger partial charge in [0.2, 0.25) is 6.79 Å². The van der Waals surface area contributed by atoms with Gasteiger partial charge < -0.3 is 14.2 Å². The molecule has 0 saturated heterocycles. The molecule has 0 aliphatic carbocycles. The molecule has 0 N–H and O–H groups in total. The van der Waals surface area contributed by atoms with E-state index < -0.39 is 5.97 Å². The Morgan fingerprint density at radius 3 is 2.79 bits per heavy atom. The van der Waals surface area contributed by atoms with E-state index in [2.05, 4.69) is 10.3 Å². The standard InChI is InChI=1S/C21H17N3O5/c25-18(16-6-8-19-20(10-16)29-14-28-19)13-27-21(26)9-7-17-12-24(23-22-17)11-15-4-2-1-3-5-15/h1-10,12H,11,13-14H2/b9-7+. The van der Waals surface area contributed by atoms with Crippen LogP contribution >= 0.6 is 0 Å². The van der Waals surface area contributed by atoms with Crippen LogP contribution in [0.25, 0.3) is 6.08 Å². The summed E-state index contributed by atoms with van der Waals surface area (Å²) < 4.78 is 17.1. The summed E-state index contributed by atoms with van der Waals surface area (Å²) >= 11 is 0. The predicted octanol–water partition coefficient (Wildman–Crippen LogP) is 2.49. The summed E-state index contributed by atoms with van der Waals surface area (Å²) in [7, 11) is 0. The molecular weight excluding hydrogens is 374 g/mol. The van der Waals surface area contributed by atoms with Gasteiger partial charge in [0.25, 0.3) is 0 Å². The van der Waals surface area contributed by atoms with Crippen LogP contribution in [-0.4, -0.2) is 40.1 Å². The highest BCUT2D eigenvalue weighted by Crippen LogP contribution is 2.32. The second kappa shape index (κ2) is 8.39. The number of ketones is 1. The van der Waals surface area contributed by atoms with Gasteiger partial charge in [0, 0.05) is 11.6 Å². The number of Topliss-reactive ketones (excluding diaryl/α,β-unsaturated/α-hetero) is 1. The number of nitrogens with zero attached hydrogens (tertiary/aromatic N) is 3. The van der Waals surface area contributed by atoms with Crippen molar-refractivity contribution in [3.8, 4) is 11.5 Å². The topological polar surface area (TPSA) is 92.5 Å². The molecule has 4 rings (SSSR count). The highest BCUT2D eigenvalue weighted by molar-refractivity contribution is 5.99. The molecule has 3 aromatic rings. The van der Waals surface area contributed by atoms with Gasteiger partial charge in [-0.25, -0.2) is 9.48 Å². The van der Waals surface area contributed by atoms with Crippen molar-refractivity contribution in [2.75, 3.05) is 13.4 Å². The molecule has 29 heavy (non-hydrogen) atoms. The average Bonchev–Trinajstić information content (AvgIpc) is 3.40. The third-order valence-corrected chi connectivity index (χ3v) is 4.17. The van der Waals surface area contributed by atoms with E-state index in [9.17, 15) is 9.59 Å². The molecule has 2 heterocycles. The Morgan fingerprint density at radius 2 is 1.93 bits per heavy atom. The van der Waals surface area contributed by atoms with Gasteiger partial charge in [-0.2, -0.15) is 0 Å². The van der Waals surface area contributed by atoms with E-state index in [-0.39, 0.29) is 19.2 Å². The molecule has 0 saturated carbocycles. The number of benzene rings is 2. The van der Waals surface area contributed by atoms with Crippen LogP contribution in [0.15, 0.2) is 60.8 Å². The van der Waals surface area contributed by atoms with E-state index in [0.29, 0.717) is 29.3 Å². The third-order valence-electron chi connectivity index (χ3n) is 4.17. The maximum atomic E-state index is 12.2. The van der Waals surface area contributed by atoms with Gasteiger partial charge in [0.15, 0.2) is 23.9 Å². The smallest absolute Gasteiger partial charge is 0.331 e. The maximum Gasteiger partial charge on any atom is 0.331 e. The zero-order chi connectivity index (χ0) is 20.1. The lowest BCUT2D eigenvalue weighted by Crippen LogP contribution is -2.12. The van der Waals surface area contributed by atoms with Crippen molar-refractivity contribution in [1.82, 2.24) is 15.0 Å². The molecule has 0 amide bonds. The minimum absolute atomic E-state index is 0.128. The van der Waals surface area contributed by atoms with Crippen LogP contribution < -0.4 is 9.47 Å². The predicted molar refractivity (Wildman–Crippen MR) is 102 cm³/mol. The SMILES string of the molecule is O=C(/C=C/c1cn(Cc2ccccc2)nn1)OCC(=O)c1ccc2c(c1)OCO2. The molecule has 0 atom stereocenters. The zero-order valence-electron chi connectivity index (χ0n) is 15.4. The lowest BCUT2D eigenvalue weighted by atomic mass is 10.1. The van der Waals surface area contributed by atoms with E-state index in [1.807, 2.05) is 30.3 Å². The Kier molecular flexibility index (Phi) is 5.33. The van der Waals surface area contributed by atoms with Gasteiger partial charge in [-0.3, -0.25) is 4.79 Å². The lowest BCUT2D eigenvalue weighted by Gasteiger charge is -2.03. The Labute approximate surface area is 166 Å². The van der Waals surface area contributed by atoms with Crippen molar-refractivity contribution >= 4 is 17.8 Å². The monoisotopic (exact) mass is 391 g/mol. The van der Waals surface area contributed by atoms with E-state index in [4.69, 9.17) is 14.2 Å². The Bertz CT molecular complexity index is 1060. The van der Waals surface area contributed by atoms with E-state index >= 15 is 0 Å². The number of hydrogen-bond donors (Lipinski definition) is 0. The highest BCUT2D eigenvalue weighted by Gasteiger charge is 2.16. The van der Waals surface area contributed by atoms with Gasteiger partial charge >= 0.3 is 5.97 Å². The molecule has 0 fully saturated rings. The van der Waals surface area contributed by atoms with Crippen molar-refractivity contribution in [3.63, 3.8) is 0 Å². The van der Waals surface area contributed by atoms with Crippen molar-refractivity contribution in [2.45, 2.75) is 6.54 Å². The fourth-order valence-electron chi connectivity index (χ4n) is 2.73. The molecule has 8 heteroatoms. The molecule has 1 aromatic heterocycles. The van der Waals surface area contributed by atoms with E-state index in [1.54, 1.807) is 29.1 Å². The summed E-state index contributed by atoms with van der Waals surface area (Å²) in [6.45, 7) is 0.336. The molecule has 0 bridgehead atoms. The number of carbonyl (C=O) groups excluding carboxylic acids is 2. The van der Waals surface area contributed by atoms with Crippen molar-refractivity contribution in [3.05, 3.63) is 77.6 Å². The van der Waals surface area contributed by atoms with Crippen molar-refractivity contribution in [1.29, 1.82) is 0 Å². The molecular formula is C21H17N3O5. The summed E-state index contributed by atoms with van der Waals surface area (Å²) in [6.07, 6.45) is 4.42. The third kappa shape index (κ3) is 4.67. The molecule has 8 nitrogen and oxygen atoms in total. The summed E-state index contributed by atoms with van der Waals surface area (Å²) in [5, 5.41) is 8.01. The summed E-state index contributed by atoms with van der Waals surface area (Å²) in [5.41, 5.74) is 1.99. The molecule has 146 valence electrons. The van der Waals surface area contributed by atoms with Gasteiger partial charge in [0.1, 0.15) is 5.69 Å². The highest BCUT2D eigenvalue weighted by atomic mass is 16.7. The van der Waals surface area contributed by atoms with E-state index in [0.717, 1.165) is 5.56 Å². The van der Waals surface area contributed by atoms with Crippen LogP contribution in [0.4, 0.5) is 0 Å². The largest absolute Gasteiger partial charge is 0.454 e. The lowest BCUT2D eigenvalue weighted by molar-refractivity contribution is -0.136. The van der Waals surface area contributed by atoms with Gasteiger partial charge in [-0.15, -0.1) is 5.10 Å². The van der Waals surface area contributed by atoms with Crippen LogP contribution in [0.3, 0.4) is 0 Å². The Hall–Kier alpha value is -3.94. The summed E-state index contributed by atoms with van der Waals surface area (Å²) in [6, 6.07) is 14.7. The molecule has 1 aliphatic rings. The summed E-state index contributed by atoms with van der Waals surface area (Å²) in [5.74, 6) is 0.109. The maximum absolute atomic E-state index is 12.2. The van der Waals surface area contributed by atoms with E-state index in [1.165, 1.54) is 12.2 Å². The first-order valence-electron chi connectivity index (χ1n) is 8.89. The molecule has 0 radical (unpaired) electrons. The minimum atomic E-state index is -0.642. The number of hydrogen-bond acceptors (Lipinski definition) is 7. The molecule has 1 aliphatic heterocycles. The molecule has 0 unspecified atom stereocenters. The number of rotatable bonds is 7. The van der Waals surface area contributed by atoms with Crippen LogP contribution in [-0.2, 0) is 16.1 Å². The number of esters is 1. The Balaban J connectivity index is 1.28. The summed E-state index contributed by atoms with van der Waals surface area (Å²) in [4.78, 5) is 24.1. The van der Waals surface area contributed by atoms with Crippen LogP contribution in [0.5, 0.6) is 11.5 Å². The molecule has 2 aromatic carbocycles. The van der Waals surface area contributed by atoms with Crippen LogP contribution in [0.2, 0.25) is 0 Å². The quantitative estimate of drug-likeness (QED) is 0.347.